The summed E-state index contributed by atoms with van der Waals surface area (Å²) < 4.78 is 0. The molecule has 3 N–H and O–H groups in total. The fourth-order valence-corrected chi connectivity index (χ4v) is 2.64. The molecule has 1 aromatic rings. The predicted octanol–water partition coefficient (Wildman–Crippen LogP) is 2.18. The number of aliphatic hydroxyl groups excluding tert-OH is 1. The smallest absolute Gasteiger partial charge is 0.134 e. The topological polar surface area (TPSA) is 70.1 Å². The maximum absolute atomic E-state index is 9.37. The van der Waals surface area contributed by atoms with Crippen molar-refractivity contribution in [2.75, 3.05) is 23.8 Å². The van der Waals surface area contributed by atoms with Gasteiger partial charge in [-0.1, -0.05) is 13.3 Å². The monoisotopic (exact) mass is 264 g/mol. The molecule has 1 fully saturated rings. The molecule has 1 saturated carbocycles. The molecule has 0 bridgehead atoms. The molecule has 0 amide bonds. The number of rotatable bonds is 6. The van der Waals surface area contributed by atoms with Gasteiger partial charge in [0.05, 0.1) is 0 Å². The highest BCUT2D eigenvalue weighted by Gasteiger charge is 2.27. The second-order valence-electron chi connectivity index (χ2n) is 5.25. The van der Waals surface area contributed by atoms with Crippen molar-refractivity contribution in [3.8, 4) is 0 Å². The van der Waals surface area contributed by atoms with E-state index in [1.807, 2.05) is 6.92 Å². The van der Waals surface area contributed by atoms with Crippen LogP contribution in [0.5, 0.6) is 0 Å². The maximum atomic E-state index is 9.37. The van der Waals surface area contributed by atoms with Crippen LogP contribution in [-0.2, 0) is 0 Å². The van der Waals surface area contributed by atoms with Crippen molar-refractivity contribution in [2.24, 2.45) is 5.92 Å². The Morgan fingerprint density at radius 2 is 2.11 bits per heavy atom. The van der Waals surface area contributed by atoms with Crippen molar-refractivity contribution >= 4 is 11.6 Å². The van der Waals surface area contributed by atoms with Crippen LogP contribution in [-0.4, -0.2) is 34.3 Å². The summed E-state index contributed by atoms with van der Waals surface area (Å²) in [6.07, 6.45) is 6.04. The number of anilines is 2. The maximum Gasteiger partial charge on any atom is 0.134 e. The number of nitrogens with one attached hydrogen (secondary N) is 2. The fourth-order valence-electron chi connectivity index (χ4n) is 2.64. The van der Waals surface area contributed by atoms with Crippen LogP contribution in [0.2, 0.25) is 0 Å². The Morgan fingerprint density at radius 3 is 2.84 bits per heavy atom. The van der Waals surface area contributed by atoms with Crippen LogP contribution in [0, 0.1) is 12.8 Å². The summed E-state index contributed by atoms with van der Waals surface area (Å²) in [6, 6.07) is 0.331. The van der Waals surface area contributed by atoms with Crippen molar-refractivity contribution < 1.29 is 5.11 Å². The third-order valence-corrected chi connectivity index (χ3v) is 3.84. The third-order valence-electron chi connectivity index (χ3n) is 3.84. The molecule has 0 saturated heterocycles. The van der Waals surface area contributed by atoms with Gasteiger partial charge in [0.2, 0.25) is 0 Å². The van der Waals surface area contributed by atoms with Crippen LogP contribution in [0.3, 0.4) is 0 Å². The van der Waals surface area contributed by atoms with Crippen molar-refractivity contribution in [1.29, 1.82) is 0 Å². The van der Waals surface area contributed by atoms with Gasteiger partial charge in [-0.3, -0.25) is 0 Å². The molecule has 0 aliphatic heterocycles. The van der Waals surface area contributed by atoms with Crippen molar-refractivity contribution in [2.45, 2.75) is 45.6 Å². The van der Waals surface area contributed by atoms with Crippen molar-refractivity contribution in [1.82, 2.24) is 9.97 Å². The van der Waals surface area contributed by atoms with Gasteiger partial charge in [0.25, 0.3) is 0 Å². The minimum Gasteiger partial charge on any atom is -0.396 e. The van der Waals surface area contributed by atoms with Crippen LogP contribution in [0.25, 0.3) is 0 Å². The number of hydrogen-bond acceptors (Lipinski definition) is 5. The molecular formula is C14H24N4O. The molecule has 5 heteroatoms. The molecule has 2 atom stereocenters. The van der Waals surface area contributed by atoms with E-state index in [-0.39, 0.29) is 6.61 Å². The molecule has 1 aromatic heterocycles. The van der Waals surface area contributed by atoms with E-state index in [9.17, 15) is 5.11 Å². The molecule has 5 nitrogen and oxygen atoms in total. The van der Waals surface area contributed by atoms with E-state index in [0.717, 1.165) is 43.0 Å². The first-order valence-corrected chi connectivity index (χ1v) is 7.19. The first-order chi connectivity index (χ1) is 9.26. The summed E-state index contributed by atoms with van der Waals surface area (Å²) >= 11 is 0. The first kappa shape index (κ1) is 14.1. The minimum atomic E-state index is 0.253. The van der Waals surface area contributed by atoms with Crippen LogP contribution < -0.4 is 10.6 Å². The average Bonchev–Trinajstić information content (AvgIpc) is 2.87. The highest BCUT2D eigenvalue weighted by atomic mass is 16.3. The molecular weight excluding hydrogens is 240 g/mol. The van der Waals surface area contributed by atoms with Crippen LogP contribution >= 0.6 is 0 Å². The van der Waals surface area contributed by atoms with Gasteiger partial charge in [-0.15, -0.1) is 0 Å². The SMILES string of the molecule is CCCNc1ncnc(NC2CCCC2CO)c1C. The first-order valence-electron chi connectivity index (χ1n) is 7.19. The Bertz CT molecular complexity index is 410. The van der Waals surface area contributed by atoms with E-state index >= 15 is 0 Å². The Labute approximate surface area is 114 Å². The molecule has 0 aromatic carbocycles. The van der Waals surface area contributed by atoms with Gasteiger partial charge < -0.3 is 15.7 Å². The molecule has 2 rings (SSSR count). The van der Waals surface area contributed by atoms with E-state index in [1.165, 1.54) is 6.42 Å². The van der Waals surface area contributed by atoms with Crippen LogP contribution in [0.4, 0.5) is 11.6 Å². The second kappa shape index (κ2) is 6.70. The summed E-state index contributed by atoms with van der Waals surface area (Å²) in [4.78, 5) is 8.61. The van der Waals surface area contributed by atoms with Crippen LogP contribution in [0.1, 0.15) is 38.2 Å². The molecule has 1 aliphatic carbocycles. The Hall–Kier alpha value is -1.36. The highest BCUT2D eigenvalue weighted by molar-refractivity contribution is 5.56. The summed E-state index contributed by atoms with van der Waals surface area (Å²) in [5.41, 5.74) is 1.06. The molecule has 19 heavy (non-hydrogen) atoms. The Morgan fingerprint density at radius 1 is 1.32 bits per heavy atom. The zero-order valence-electron chi connectivity index (χ0n) is 11.8. The zero-order chi connectivity index (χ0) is 13.7. The third kappa shape index (κ3) is 3.35. The molecule has 106 valence electrons. The number of hydrogen-bond donors (Lipinski definition) is 3. The lowest BCUT2D eigenvalue weighted by Crippen LogP contribution is -2.27. The number of aromatic nitrogens is 2. The van der Waals surface area contributed by atoms with Crippen molar-refractivity contribution in [3.63, 3.8) is 0 Å². The van der Waals surface area contributed by atoms with Gasteiger partial charge in [0.15, 0.2) is 0 Å². The van der Waals surface area contributed by atoms with E-state index in [2.05, 4.69) is 27.5 Å². The van der Waals surface area contributed by atoms with E-state index in [4.69, 9.17) is 0 Å². The number of nitrogens with zero attached hydrogens (tertiary/aromatic N) is 2. The van der Waals surface area contributed by atoms with Crippen LogP contribution in [0.15, 0.2) is 6.33 Å². The minimum absolute atomic E-state index is 0.253. The molecule has 1 aliphatic rings. The lowest BCUT2D eigenvalue weighted by molar-refractivity contribution is 0.222. The summed E-state index contributed by atoms with van der Waals surface area (Å²) in [7, 11) is 0. The van der Waals surface area contributed by atoms with Gasteiger partial charge in [-0.05, 0) is 26.2 Å². The second-order valence-corrected chi connectivity index (χ2v) is 5.25. The standard InChI is InChI=1S/C14H24N4O/c1-3-7-15-13-10(2)14(17-9-16-13)18-12-6-4-5-11(12)8-19/h9,11-12,19H,3-8H2,1-2H3,(H2,15,16,17,18). The predicted molar refractivity (Wildman–Crippen MR) is 77.4 cm³/mol. The molecule has 0 spiro atoms. The fraction of sp³-hybridized carbons (Fsp3) is 0.714. The summed E-state index contributed by atoms with van der Waals surface area (Å²) in [5, 5.41) is 16.2. The largest absolute Gasteiger partial charge is 0.396 e. The molecule has 0 radical (unpaired) electrons. The van der Waals surface area contributed by atoms with E-state index < -0.39 is 0 Å². The van der Waals surface area contributed by atoms with Gasteiger partial charge >= 0.3 is 0 Å². The van der Waals surface area contributed by atoms with Gasteiger partial charge in [-0.25, -0.2) is 9.97 Å². The zero-order valence-corrected chi connectivity index (χ0v) is 11.8. The normalized spacial score (nSPS) is 22.5. The molecule has 2 unspecified atom stereocenters. The average molecular weight is 264 g/mol. The lowest BCUT2D eigenvalue weighted by Gasteiger charge is -2.21. The summed E-state index contributed by atoms with van der Waals surface area (Å²) in [5.74, 6) is 2.14. The number of aliphatic hydroxyl groups is 1. The quantitative estimate of drug-likeness (QED) is 0.734. The Balaban J connectivity index is 2.07. The molecule has 1 heterocycles. The van der Waals surface area contributed by atoms with Gasteiger partial charge in [0.1, 0.15) is 18.0 Å². The highest BCUT2D eigenvalue weighted by Crippen LogP contribution is 2.29. The van der Waals surface area contributed by atoms with E-state index in [0.29, 0.717) is 12.0 Å². The van der Waals surface area contributed by atoms with Gasteiger partial charge in [0, 0.05) is 30.7 Å². The van der Waals surface area contributed by atoms with E-state index in [1.54, 1.807) is 6.33 Å². The summed E-state index contributed by atoms with van der Waals surface area (Å²) in [6.45, 7) is 5.33. The van der Waals surface area contributed by atoms with Gasteiger partial charge in [-0.2, -0.15) is 0 Å². The van der Waals surface area contributed by atoms with Crippen molar-refractivity contribution in [3.05, 3.63) is 11.9 Å². The lowest BCUT2D eigenvalue weighted by atomic mass is 10.1. The Kier molecular flexibility index (Phi) is 4.96.